The molecule has 11 heteroatoms. The van der Waals surface area contributed by atoms with Crippen molar-refractivity contribution in [2.75, 3.05) is 13.4 Å². The zero-order valence-corrected chi connectivity index (χ0v) is 22.3. The minimum absolute atomic E-state index is 0.0146. The molecule has 0 saturated heterocycles. The lowest BCUT2D eigenvalue weighted by Gasteiger charge is -2.22. The summed E-state index contributed by atoms with van der Waals surface area (Å²) in [6.45, 7) is 6.90. The van der Waals surface area contributed by atoms with Gasteiger partial charge in [0, 0.05) is 5.56 Å². The molecule has 1 atom stereocenters. The summed E-state index contributed by atoms with van der Waals surface area (Å²) in [5, 5.41) is 19.8. The smallest absolute Gasteiger partial charge is 0.434 e. The molecule has 0 aliphatic carbocycles. The van der Waals surface area contributed by atoms with Crippen molar-refractivity contribution < 1.29 is 28.6 Å². The largest absolute Gasteiger partial charge is 0.505 e. The van der Waals surface area contributed by atoms with Gasteiger partial charge in [-0.25, -0.2) is 19.0 Å². The van der Waals surface area contributed by atoms with Crippen molar-refractivity contribution in [1.29, 1.82) is 5.26 Å². The Morgan fingerprint density at radius 3 is 2.49 bits per heavy atom. The van der Waals surface area contributed by atoms with Crippen LogP contribution in [0.25, 0.3) is 0 Å². The molecule has 37 heavy (non-hydrogen) atoms. The molecule has 196 valence electrons. The summed E-state index contributed by atoms with van der Waals surface area (Å²) < 4.78 is 25.1. The van der Waals surface area contributed by atoms with Crippen LogP contribution < -0.4 is 5.73 Å². The van der Waals surface area contributed by atoms with E-state index in [0.29, 0.717) is 12.0 Å². The summed E-state index contributed by atoms with van der Waals surface area (Å²) in [7, 11) is 1.15. The van der Waals surface area contributed by atoms with Crippen molar-refractivity contribution in [2.24, 2.45) is 15.7 Å². The highest BCUT2D eigenvalue weighted by atomic mass is 32.2. The third-order valence-corrected chi connectivity index (χ3v) is 5.60. The number of carbonyl (C=O) groups excluding carboxylic acids is 2. The Hall–Kier alpha value is -3.75. The van der Waals surface area contributed by atoms with E-state index in [-0.39, 0.29) is 33.1 Å². The third kappa shape index (κ3) is 7.62. The SMILES string of the molecule is CCc1cc(O)c(F)c(C(=N\c2ccc(C#N)c(C(N)C(=O)OC(C)(C)C)c2)/C(=N/C(=O)OC)SC)c1. The van der Waals surface area contributed by atoms with Crippen molar-refractivity contribution in [2.45, 2.75) is 45.8 Å². The predicted octanol–water partition coefficient (Wildman–Crippen LogP) is 4.96. The first-order valence-corrected chi connectivity index (χ1v) is 12.4. The molecular formula is C26H29FN4O5S. The summed E-state index contributed by atoms with van der Waals surface area (Å²) in [5.74, 6) is -2.29. The number of phenols is 1. The number of nitrogens with two attached hydrogens (primary N) is 1. The number of halogens is 1. The first kappa shape index (κ1) is 29.5. The average molecular weight is 529 g/mol. The molecule has 0 saturated carbocycles. The molecule has 0 fully saturated rings. The van der Waals surface area contributed by atoms with Crippen LogP contribution in [-0.4, -0.2) is 46.9 Å². The molecule has 1 amide bonds. The van der Waals surface area contributed by atoms with Crippen LogP contribution in [0.1, 0.15) is 56.0 Å². The standard InChI is InChI=1S/C26H29FN4O5S/c1-7-14-10-18(20(27)19(32)11-14)22(23(37-6)31-25(34)35-5)30-16-9-8-15(13-28)17(12-16)21(29)24(33)36-26(2,3)4/h8-12,21,32H,7,29H2,1-6H3/b30-22+,31-23-. The van der Waals surface area contributed by atoms with E-state index >= 15 is 4.39 Å². The zero-order chi connectivity index (χ0) is 27.9. The Morgan fingerprint density at radius 1 is 1.27 bits per heavy atom. The van der Waals surface area contributed by atoms with E-state index in [2.05, 4.69) is 14.7 Å². The van der Waals surface area contributed by atoms with Gasteiger partial charge in [-0.15, -0.1) is 11.8 Å². The summed E-state index contributed by atoms with van der Waals surface area (Å²) in [6.07, 6.45) is 1.17. The second kappa shape index (κ2) is 12.5. The molecule has 2 rings (SSSR count). The number of esters is 1. The van der Waals surface area contributed by atoms with Crippen LogP contribution in [0.4, 0.5) is 14.9 Å². The molecule has 0 radical (unpaired) electrons. The number of carbonyl (C=O) groups is 2. The van der Waals surface area contributed by atoms with E-state index in [1.807, 2.05) is 13.0 Å². The summed E-state index contributed by atoms with van der Waals surface area (Å²) >= 11 is 1.01. The van der Waals surface area contributed by atoms with Crippen molar-refractivity contribution >= 4 is 40.3 Å². The Labute approximate surface area is 219 Å². The second-order valence-corrected chi connectivity index (χ2v) is 9.57. The van der Waals surface area contributed by atoms with E-state index in [1.54, 1.807) is 27.0 Å². The number of methoxy groups -OCH3 is 1. The van der Waals surface area contributed by atoms with Gasteiger partial charge in [0.2, 0.25) is 0 Å². The van der Waals surface area contributed by atoms with Gasteiger partial charge in [-0.2, -0.15) is 10.3 Å². The fourth-order valence-corrected chi connectivity index (χ4v) is 3.71. The monoisotopic (exact) mass is 528 g/mol. The first-order valence-electron chi connectivity index (χ1n) is 11.2. The lowest BCUT2D eigenvalue weighted by atomic mass is 10.00. The predicted molar refractivity (Wildman–Crippen MR) is 141 cm³/mol. The van der Waals surface area contributed by atoms with E-state index in [1.165, 1.54) is 30.3 Å². The number of rotatable bonds is 6. The Bertz CT molecular complexity index is 1300. The van der Waals surface area contributed by atoms with E-state index in [4.69, 9.17) is 10.5 Å². The van der Waals surface area contributed by atoms with Gasteiger partial charge in [0.25, 0.3) is 0 Å². The molecule has 9 nitrogen and oxygen atoms in total. The number of phenolic OH excluding ortho intramolecular Hbond substituents is 1. The van der Waals surface area contributed by atoms with Gasteiger partial charge in [0.1, 0.15) is 22.4 Å². The van der Waals surface area contributed by atoms with E-state index in [0.717, 1.165) is 18.9 Å². The highest BCUT2D eigenvalue weighted by Crippen LogP contribution is 2.29. The van der Waals surface area contributed by atoms with Crippen LogP contribution in [0.5, 0.6) is 5.75 Å². The van der Waals surface area contributed by atoms with E-state index in [9.17, 15) is 20.0 Å². The van der Waals surface area contributed by atoms with Gasteiger partial charge in [0.15, 0.2) is 11.6 Å². The lowest BCUT2D eigenvalue weighted by Crippen LogP contribution is -2.32. The summed E-state index contributed by atoms with van der Waals surface area (Å²) in [5.41, 5.74) is 6.25. The van der Waals surface area contributed by atoms with Gasteiger partial charge >= 0.3 is 12.1 Å². The normalized spacial score (nSPS) is 13.1. The maximum Gasteiger partial charge on any atom is 0.434 e. The molecule has 0 spiro atoms. The number of amides is 1. The maximum absolute atomic E-state index is 15.1. The van der Waals surface area contributed by atoms with Crippen LogP contribution in [0, 0.1) is 17.1 Å². The number of hydrogen-bond acceptors (Lipinski definition) is 9. The number of nitriles is 1. The Morgan fingerprint density at radius 2 is 1.95 bits per heavy atom. The minimum atomic E-state index is -1.29. The topological polar surface area (TPSA) is 147 Å². The molecular weight excluding hydrogens is 499 g/mol. The number of nitrogens with zero attached hydrogens (tertiary/aromatic N) is 3. The molecule has 1 unspecified atom stereocenters. The molecule has 2 aromatic rings. The van der Waals surface area contributed by atoms with Gasteiger partial charge in [-0.05, 0) is 74.9 Å². The minimum Gasteiger partial charge on any atom is -0.505 e. The van der Waals surface area contributed by atoms with Crippen molar-refractivity contribution in [3.8, 4) is 11.8 Å². The zero-order valence-electron chi connectivity index (χ0n) is 21.5. The number of aromatic hydroxyl groups is 1. The van der Waals surface area contributed by atoms with Crippen LogP contribution >= 0.6 is 11.8 Å². The number of thioether (sulfide) groups is 1. The number of ether oxygens (including phenoxy) is 2. The van der Waals surface area contributed by atoms with Crippen molar-refractivity contribution in [3.05, 3.63) is 58.4 Å². The van der Waals surface area contributed by atoms with Crippen LogP contribution in [-0.2, 0) is 20.7 Å². The number of hydrogen-bond donors (Lipinski definition) is 2. The number of aliphatic imine (C=N–C) groups is 2. The van der Waals surface area contributed by atoms with Gasteiger partial charge < -0.3 is 20.3 Å². The molecule has 0 heterocycles. The summed E-state index contributed by atoms with van der Waals surface area (Å²) in [4.78, 5) is 32.9. The van der Waals surface area contributed by atoms with Gasteiger partial charge in [-0.3, -0.25) is 0 Å². The molecule has 0 bridgehead atoms. The first-order chi connectivity index (χ1) is 17.3. The molecule has 0 aliphatic rings. The fourth-order valence-electron chi connectivity index (χ4n) is 3.19. The van der Waals surface area contributed by atoms with Crippen LogP contribution in [0.3, 0.4) is 0 Å². The van der Waals surface area contributed by atoms with Gasteiger partial charge in [-0.1, -0.05) is 6.92 Å². The lowest BCUT2D eigenvalue weighted by molar-refractivity contribution is -0.156. The Balaban J connectivity index is 2.79. The van der Waals surface area contributed by atoms with Crippen molar-refractivity contribution in [1.82, 2.24) is 0 Å². The molecule has 0 aromatic heterocycles. The number of benzene rings is 2. The maximum atomic E-state index is 15.1. The highest BCUT2D eigenvalue weighted by Gasteiger charge is 2.26. The van der Waals surface area contributed by atoms with E-state index < -0.39 is 35.3 Å². The number of aryl methyl sites for hydroxylation is 1. The Kier molecular flexibility index (Phi) is 9.94. The van der Waals surface area contributed by atoms with Crippen molar-refractivity contribution in [3.63, 3.8) is 0 Å². The molecule has 3 N–H and O–H groups in total. The highest BCUT2D eigenvalue weighted by molar-refractivity contribution is 8.15. The summed E-state index contributed by atoms with van der Waals surface area (Å²) in [6, 6.07) is 7.79. The average Bonchev–Trinajstić information content (AvgIpc) is 2.85. The fraction of sp³-hybridized carbons (Fsp3) is 0.346. The molecule has 2 aromatic carbocycles. The van der Waals surface area contributed by atoms with Gasteiger partial charge in [0.05, 0.1) is 24.4 Å². The second-order valence-electron chi connectivity index (χ2n) is 8.78. The molecule has 0 aliphatic heterocycles. The van der Waals surface area contributed by atoms with Crippen LogP contribution in [0.2, 0.25) is 0 Å². The quantitative estimate of drug-likeness (QED) is 0.304. The third-order valence-electron chi connectivity index (χ3n) is 4.93. The van der Waals surface area contributed by atoms with Crippen LogP contribution in [0.15, 0.2) is 40.3 Å².